The molecule has 0 aromatic rings. The highest BCUT2D eigenvalue weighted by Gasteiger charge is 2.19. The van der Waals surface area contributed by atoms with Gasteiger partial charge in [-0.25, -0.2) is 0 Å². The highest BCUT2D eigenvalue weighted by Crippen LogP contribution is 2.18. The van der Waals surface area contributed by atoms with Gasteiger partial charge in [-0.05, 0) is 38.6 Å². The Kier molecular flexibility index (Phi) is 3.78. The van der Waals surface area contributed by atoms with Crippen molar-refractivity contribution in [2.75, 3.05) is 13.1 Å². The molecule has 1 aliphatic heterocycles. The fourth-order valence-corrected chi connectivity index (χ4v) is 2.02. The zero-order valence-electron chi connectivity index (χ0n) is 9.22. The Balaban J connectivity index is 1.63. The lowest BCUT2D eigenvalue weighted by Crippen LogP contribution is -2.39. The Morgan fingerprint density at radius 1 is 1.53 bits per heavy atom. The molecular weight excluding hydrogens is 188 g/mol. The van der Waals surface area contributed by atoms with E-state index in [-0.39, 0.29) is 5.91 Å². The number of rotatable bonds is 4. The van der Waals surface area contributed by atoms with E-state index in [0.29, 0.717) is 12.5 Å². The molecule has 1 aliphatic carbocycles. The number of hydrogen-bond donors (Lipinski definition) is 2. The zero-order chi connectivity index (χ0) is 10.5. The van der Waals surface area contributed by atoms with E-state index in [1.54, 1.807) is 0 Å². The maximum atomic E-state index is 11.5. The molecule has 0 saturated heterocycles. The van der Waals surface area contributed by atoms with Crippen LogP contribution < -0.4 is 10.6 Å². The van der Waals surface area contributed by atoms with E-state index in [9.17, 15) is 4.79 Å². The van der Waals surface area contributed by atoms with Crippen LogP contribution >= 0.6 is 0 Å². The van der Waals surface area contributed by atoms with E-state index < -0.39 is 0 Å². The van der Waals surface area contributed by atoms with Gasteiger partial charge in [0.15, 0.2) is 0 Å². The summed E-state index contributed by atoms with van der Waals surface area (Å²) in [5.41, 5.74) is 1.44. The maximum Gasteiger partial charge on any atom is 0.220 e. The summed E-state index contributed by atoms with van der Waals surface area (Å²) in [6.45, 7) is 2.04. The molecule has 0 unspecified atom stereocenters. The third-order valence-corrected chi connectivity index (χ3v) is 3.30. The van der Waals surface area contributed by atoms with Crippen molar-refractivity contribution in [3.8, 4) is 0 Å². The first-order chi connectivity index (χ1) is 7.34. The van der Waals surface area contributed by atoms with Crippen LogP contribution in [0.4, 0.5) is 0 Å². The molecular formula is C12H20N2O. The van der Waals surface area contributed by atoms with Crippen molar-refractivity contribution in [3.63, 3.8) is 0 Å². The number of hydrogen-bond acceptors (Lipinski definition) is 2. The van der Waals surface area contributed by atoms with Gasteiger partial charge in [-0.15, -0.1) is 0 Å². The van der Waals surface area contributed by atoms with Crippen LogP contribution in [0.15, 0.2) is 11.6 Å². The van der Waals surface area contributed by atoms with Crippen LogP contribution in [-0.4, -0.2) is 25.0 Å². The van der Waals surface area contributed by atoms with Crippen LogP contribution in [0.25, 0.3) is 0 Å². The summed E-state index contributed by atoms with van der Waals surface area (Å²) in [6, 6.07) is 0.486. The van der Waals surface area contributed by atoms with Gasteiger partial charge >= 0.3 is 0 Å². The summed E-state index contributed by atoms with van der Waals surface area (Å²) in [4.78, 5) is 11.5. The minimum absolute atomic E-state index is 0.235. The fraction of sp³-hybridized carbons (Fsp3) is 0.750. The van der Waals surface area contributed by atoms with Gasteiger partial charge in [0.1, 0.15) is 0 Å². The van der Waals surface area contributed by atoms with E-state index in [1.165, 1.54) is 24.8 Å². The molecule has 2 aliphatic rings. The van der Waals surface area contributed by atoms with Crippen molar-refractivity contribution in [3.05, 3.63) is 11.6 Å². The minimum atomic E-state index is 0.235. The molecule has 1 amide bonds. The summed E-state index contributed by atoms with van der Waals surface area (Å²) in [7, 11) is 0. The van der Waals surface area contributed by atoms with Gasteiger partial charge in [0.25, 0.3) is 0 Å². The van der Waals surface area contributed by atoms with Crippen LogP contribution in [0.3, 0.4) is 0 Å². The maximum absolute atomic E-state index is 11.5. The molecule has 15 heavy (non-hydrogen) atoms. The Morgan fingerprint density at radius 2 is 2.40 bits per heavy atom. The predicted molar refractivity (Wildman–Crippen MR) is 60.6 cm³/mol. The average molecular weight is 208 g/mol. The first-order valence-electron chi connectivity index (χ1n) is 6.02. The van der Waals surface area contributed by atoms with E-state index in [0.717, 1.165) is 25.9 Å². The third-order valence-electron chi connectivity index (χ3n) is 3.30. The molecule has 0 atom stereocenters. The summed E-state index contributed by atoms with van der Waals surface area (Å²) in [5, 5.41) is 6.35. The molecule has 0 spiro atoms. The lowest BCUT2D eigenvalue weighted by molar-refractivity contribution is -0.122. The zero-order valence-corrected chi connectivity index (χ0v) is 9.22. The van der Waals surface area contributed by atoms with Crippen molar-refractivity contribution < 1.29 is 4.79 Å². The quantitative estimate of drug-likeness (QED) is 0.685. The topological polar surface area (TPSA) is 41.1 Å². The van der Waals surface area contributed by atoms with Gasteiger partial charge in [-0.1, -0.05) is 11.6 Å². The predicted octanol–water partition coefficient (Wildman–Crippen LogP) is 1.35. The normalized spacial score (nSPS) is 21.7. The largest absolute Gasteiger partial charge is 0.353 e. The molecule has 1 heterocycles. The second-order valence-electron chi connectivity index (χ2n) is 4.51. The van der Waals surface area contributed by atoms with Crippen LogP contribution in [0.2, 0.25) is 0 Å². The van der Waals surface area contributed by atoms with Crippen molar-refractivity contribution >= 4 is 5.91 Å². The number of nitrogens with one attached hydrogen (secondary N) is 2. The number of carbonyl (C=O) groups is 1. The Hall–Kier alpha value is -0.830. The summed E-state index contributed by atoms with van der Waals surface area (Å²) >= 11 is 0. The molecule has 2 rings (SSSR count). The van der Waals surface area contributed by atoms with Crippen LogP contribution in [0.5, 0.6) is 0 Å². The second-order valence-corrected chi connectivity index (χ2v) is 4.51. The molecule has 3 heteroatoms. The van der Waals surface area contributed by atoms with Crippen LogP contribution in [-0.2, 0) is 4.79 Å². The second kappa shape index (κ2) is 5.31. The lowest BCUT2D eigenvalue weighted by atomic mass is 9.93. The molecule has 0 radical (unpaired) electrons. The number of amides is 1. The first-order valence-corrected chi connectivity index (χ1v) is 6.02. The van der Waals surface area contributed by atoms with Gasteiger partial charge in [-0.2, -0.15) is 0 Å². The monoisotopic (exact) mass is 208 g/mol. The fourth-order valence-electron chi connectivity index (χ4n) is 2.02. The molecule has 0 aromatic heterocycles. The highest BCUT2D eigenvalue weighted by atomic mass is 16.1. The molecule has 84 valence electrons. The smallest absolute Gasteiger partial charge is 0.220 e. The van der Waals surface area contributed by atoms with Crippen LogP contribution in [0.1, 0.15) is 38.5 Å². The Morgan fingerprint density at radius 3 is 3.00 bits per heavy atom. The highest BCUT2D eigenvalue weighted by molar-refractivity contribution is 5.76. The Labute approximate surface area is 91.3 Å². The third kappa shape index (κ3) is 3.34. The molecule has 0 aromatic carbocycles. The van der Waals surface area contributed by atoms with Crippen molar-refractivity contribution in [1.29, 1.82) is 0 Å². The molecule has 2 N–H and O–H groups in total. The molecule has 1 saturated carbocycles. The lowest BCUT2D eigenvalue weighted by Gasteiger charge is -2.26. The Bertz CT molecular complexity index is 256. The van der Waals surface area contributed by atoms with E-state index >= 15 is 0 Å². The van der Waals surface area contributed by atoms with E-state index in [2.05, 4.69) is 16.7 Å². The summed E-state index contributed by atoms with van der Waals surface area (Å²) in [6.07, 6.45) is 8.58. The molecule has 3 nitrogen and oxygen atoms in total. The van der Waals surface area contributed by atoms with Gasteiger partial charge < -0.3 is 10.6 Å². The van der Waals surface area contributed by atoms with E-state index in [4.69, 9.17) is 0 Å². The van der Waals surface area contributed by atoms with Crippen molar-refractivity contribution in [2.24, 2.45) is 0 Å². The van der Waals surface area contributed by atoms with Crippen LogP contribution in [0, 0.1) is 0 Å². The number of carbonyl (C=O) groups excluding carboxylic acids is 1. The van der Waals surface area contributed by atoms with Crippen molar-refractivity contribution in [2.45, 2.75) is 44.6 Å². The minimum Gasteiger partial charge on any atom is -0.353 e. The van der Waals surface area contributed by atoms with Gasteiger partial charge in [0.05, 0.1) is 0 Å². The average Bonchev–Trinajstić information content (AvgIpc) is 2.22. The van der Waals surface area contributed by atoms with Gasteiger partial charge in [-0.3, -0.25) is 4.79 Å². The first kappa shape index (κ1) is 10.7. The van der Waals surface area contributed by atoms with Gasteiger partial charge in [0, 0.05) is 19.0 Å². The molecule has 1 fully saturated rings. The SMILES string of the molecule is O=C(CCC1=CCNCC1)NC1CCC1. The standard InChI is InChI=1S/C12H20N2O/c15-12(14-11-2-1-3-11)5-4-10-6-8-13-9-7-10/h6,11,13H,1-5,7-9H2,(H,14,15). The summed E-state index contributed by atoms with van der Waals surface area (Å²) in [5.74, 6) is 0.235. The molecule has 0 bridgehead atoms. The van der Waals surface area contributed by atoms with Crippen molar-refractivity contribution in [1.82, 2.24) is 10.6 Å². The van der Waals surface area contributed by atoms with Gasteiger partial charge in [0.2, 0.25) is 5.91 Å². The summed E-state index contributed by atoms with van der Waals surface area (Å²) < 4.78 is 0. The van der Waals surface area contributed by atoms with E-state index in [1.807, 2.05) is 0 Å².